The van der Waals surface area contributed by atoms with Crippen LogP contribution >= 0.6 is 0 Å². The highest BCUT2D eigenvalue weighted by atomic mass is 32.2. The van der Waals surface area contributed by atoms with Crippen molar-refractivity contribution in [2.24, 2.45) is 0 Å². The number of nitrogens with one attached hydrogen (secondary N) is 1. The smallest absolute Gasteiger partial charge is 0.277 e. The van der Waals surface area contributed by atoms with Crippen molar-refractivity contribution < 1.29 is 31.9 Å². The Morgan fingerprint density at radius 3 is 2.37 bits per heavy atom. The number of aromatic nitrogens is 1. The molecular weight excluding hydrogens is 474 g/mol. The first-order valence-electron chi connectivity index (χ1n) is 11.2. The van der Waals surface area contributed by atoms with Crippen molar-refractivity contribution in [2.45, 2.75) is 31.0 Å². The SMILES string of the molecule is C[C@@H]1CN(S(=O)(=O)c2ccc(NC(=O)c3cc(-c4ccc5c(c4)OCCO5)on3)cc2)C[C@@H](C)O1. The lowest BCUT2D eigenvalue weighted by Gasteiger charge is -2.34. The molecule has 1 saturated heterocycles. The van der Waals surface area contributed by atoms with Gasteiger partial charge in [-0.25, -0.2) is 8.42 Å². The van der Waals surface area contributed by atoms with Crippen LogP contribution in [0.4, 0.5) is 5.69 Å². The molecule has 0 bridgehead atoms. The van der Waals surface area contributed by atoms with Crippen LogP contribution in [0.15, 0.2) is 57.9 Å². The van der Waals surface area contributed by atoms with Crippen LogP contribution in [0.5, 0.6) is 11.5 Å². The molecule has 2 aliphatic heterocycles. The maximum atomic E-state index is 13.0. The lowest BCUT2D eigenvalue weighted by Crippen LogP contribution is -2.48. The van der Waals surface area contributed by atoms with E-state index < -0.39 is 15.9 Å². The van der Waals surface area contributed by atoms with E-state index >= 15 is 0 Å². The van der Waals surface area contributed by atoms with Crippen LogP contribution in [0.3, 0.4) is 0 Å². The molecule has 1 N–H and O–H groups in total. The second kappa shape index (κ2) is 9.33. The minimum absolute atomic E-state index is 0.0860. The lowest BCUT2D eigenvalue weighted by atomic mass is 10.1. The number of morpholine rings is 1. The van der Waals surface area contributed by atoms with Crippen LogP contribution in [0.2, 0.25) is 0 Å². The summed E-state index contributed by atoms with van der Waals surface area (Å²) >= 11 is 0. The first-order chi connectivity index (χ1) is 16.8. The molecule has 35 heavy (non-hydrogen) atoms. The molecule has 1 aromatic heterocycles. The molecule has 10 nitrogen and oxygen atoms in total. The van der Waals surface area contributed by atoms with Crippen molar-refractivity contribution in [1.82, 2.24) is 9.46 Å². The van der Waals surface area contributed by atoms with Gasteiger partial charge >= 0.3 is 0 Å². The number of anilines is 1. The lowest BCUT2D eigenvalue weighted by molar-refractivity contribution is -0.0440. The Bertz CT molecular complexity index is 1330. The van der Waals surface area contributed by atoms with Crippen molar-refractivity contribution in [2.75, 3.05) is 31.6 Å². The van der Waals surface area contributed by atoms with Gasteiger partial charge in [-0.05, 0) is 56.3 Å². The zero-order chi connectivity index (χ0) is 24.6. The molecule has 2 atom stereocenters. The number of hydrogen-bond donors (Lipinski definition) is 1. The van der Waals surface area contributed by atoms with Gasteiger partial charge in [0.05, 0.1) is 17.1 Å². The summed E-state index contributed by atoms with van der Waals surface area (Å²) < 4.78 is 49.5. The maximum Gasteiger partial charge on any atom is 0.277 e. The van der Waals surface area contributed by atoms with Crippen molar-refractivity contribution >= 4 is 21.6 Å². The van der Waals surface area contributed by atoms with E-state index in [4.69, 9.17) is 18.7 Å². The fraction of sp³-hybridized carbons (Fsp3) is 0.333. The highest BCUT2D eigenvalue weighted by Gasteiger charge is 2.32. The number of amides is 1. The summed E-state index contributed by atoms with van der Waals surface area (Å²) in [6.45, 7) is 5.24. The van der Waals surface area contributed by atoms with Crippen molar-refractivity contribution in [3.05, 3.63) is 54.2 Å². The molecular formula is C24H25N3O7S. The van der Waals surface area contributed by atoms with Gasteiger partial charge in [0.2, 0.25) is 10.0 Å². The molecule has 3 aromatic rings. The Morgan fingerprint density at radius 1 is 0.971 bits per heavy atom. The van der Waals surface area contributed by atoms with Crippen LogP contribution in [-0.4, -0.2) is 62.3 Å². The summed E-state index contributed by atoms with van der Waals surface area (Å²) in [5.74, 6) is 1.18. The summed E-state index contributed by atoms with van der Waals surface area (Å²) in [6, 6.07) is 12.9. The quantitative estimate of drug-likeness (QED) is 0.568. The largest absolute Gasteiger partial charge is 0.486 e. The van der Waals surface area contributed by atoms with Crippen LogP contribution in [-0.2, 0) is 14.8 Å². The van der Waals surface area contributed by atoms with Crippen LogP contribution in [0, 0.1) is 0 Å². The number of carbonyl (C=O) groups is 1. The third-order valence-electron chi connectivity index (χ3n) is 5.71. The van der Waals surface area contributed by atoms with E-state index in [9.17, 15) is 13.2 Å². The minimum atomic E-state index is -3.67. The first kappa shape index (κ1) is 23.3. The number of rotatable bonds is 5. The standard InChI is InChI=1S/C24H25N3O7S/c1-15-13-27(14-16(2)33-15)35(29,30)19-6-4-18(5-7-19)25-24(28)20-12-22(34-26-20)17-3-8-21-23(11-17)32-10-9-31-21/h3-8,11-12,15-16H,9-10,13-14H2,1-2H3,(H,25,28)/t15-,16-/m1/s1. The maximum absolute atomic E-state index is 13.0. The third kappa shape index (κ3) is 4.88. The minimum Gasteiger partial charge on any atom is -0.486 e. The summed E-state index contributed by atoms with van der Waals surface area (Å²) in [5.41, 5.74) is 1.21. The predicted molar refractivity (Wildman–Crippen MR) is 126 cm³/mol. The highest BCUT2D eigenvalue weighted by Crippen LogP contribution is 2.34. The average molecular weight is 500 g/mol. The number of fused-ring (bicyclic) bond motifs is 1. The van der Waals surface area contributed by atoms with Crippen LogP contribution in [0.25, 0.3) is 11.3 Å². The van der Waals surface area contributed by atoms with Gasteiger partial charge in [-0.1, -0.05) is 5.16 Å². The molecule has 1 fully saturated rings. The Morgan fingerprint density at radius 2 is 1.66 bits per heavy atom. The Labute approximate surface area is 202 Å². The van der Waals surface area contributed by atoms with E-state index in [0.717, 1.165) is 0 Å². The second-order valence-electron chi connectivity index (χ2n) is 8.49. The van der Waals surface area contributed by atoms with Gasteiger partial charge in [-0.3, -0.25) is 4.79 Å². The van der Waals surface area contributed by atoms with E-state index in [2.05, 4.69) is 10.5 Å². The molecule has 1 amide bonds. The molecule has 0 unspecified atom stereocenters. The fourth-order valence-corrected chi connectivity index (χ4v) is 5.69. The predicted octanol–water partition coefficient (Wildman–Crippen LogP) is 3.16. The molecule has 0 spiro atoms. The van der Waals surface area contributed by atoms with Gasteiger partial charge < -0.3 is 24.1 Å². The molecule has 11 heteroatoms. The third-order valence-corrected chi connectivity index (χ3v) is 7.55. The molecule has 3 heterocycles. The van der Waals surface area contributed by atoms with E-state index in [1.807, 2.05) is 13.8 Å². The molecule has 5 rings (SSSR count). The van der Waals surface area contributed by atoms with Gasteiger partial charge in [-0.15, -0.1) is 0 Å². The van der Waals surface area contributed by atoms with Gasteiger partial charge in [0.25, 0.3) is 5.91 Å². The van der Waals surface area contributed by atoms with Gasteiger partial charge in [-0.2, -0.15) is 4.31 Å². The summed E-state index contributed by atoms with van der Waals surface area (Å²) in [7, 11) is -3.67. The zero-order valence-corrected chi connectivity index (χ0v) is 20.1. The van der Waals surface area contributed by atoms with Crippen molar-refractivity contribution in [3.63, 3.8) is 0 Å². The summed E-state index contributed by atoms with van der Waals surface area (Å²) in [6.07, 6.45) is -0.358. The highest BCUT2D eigenvalue weighted by molar-refractivity contribution is 7.89. The molecule has 0 radical (unpaired) electrons. The molecule has 2 aliphatic rings. The van der Waals surface area contributed by atoms with Crippen LogP contribution in [0.1, 0.15) is 24.3 Å². The summed E-state index contributed by atoms with van der Waals surface area (Å²) in [5, 5.41) is 6.57. The van der Waals surface area contributed by atoms with E-state index in [1.54, 1.807) is 30.3 Å². The van der Waals surface area contributed by atoms with Gasteiger partial charge in [0, 0.05) is 30.4 Å². The normalized spacial score (nSPS) is 20.4. The number of benzene rings is 2. The van der Waals surface area contributed by atoms with E-state index in [1.165, 1.54) is 22.5 Å². The van der Waals surface area contributed by atoms with Crippen LogP contribution < -0.4 is 14.8 Å². The molecule has 0 saturated carbocycles. The Hall–Kier alpha value is -3.41. The Balaban J connectivity index is 1.27. The number of ether oxygens (including phenoxy) is 3. The number of hydrogen-bond acceptors (Lipinski definition) is 8. The monoisotopic (exact) mass is 499 g/mol. The van der Waals surface area contributed by atoms with Crippen molar-refractivity contribution in [3.8, 4) is 22.8 Å². The second-order valence-corrected chi connectivity index (χ2v) is 10.4. The van der Waals surface area contributed by atoms with E-state index in [0.29, 0.717) is 54.8 Å². The fourth-order valence-electron chi connectivity index (χ4n) is 4.10. The number of nitrogens with zero attached hydrogens (tertiary/aromatic N) is 2. The van der Waals surface area contributed by atoms with Gasteiger partial charge in [0.1, 0.15) is 13.2 Å². The van der Waals surface area contributed by atoms with E-state index in [-0.39, 0.29) is 22.8 Å². The molecule has 2 aromatic carbocycles. The zero-order valence-electron chi connectivity index (χ0n) is 19.3. The number of carbonyl (C=O) groups excluding carboxylic acids is 1. The first-order valence-corrected chi connectivity index (χ1v) is 12.7. The molecule has 184 valence electrons. The van der Waals surface area contributed by atoms with Crippen molar-refractivity contribution in [1.29, 1.82) is 0 Å². The number of sulfonamides is 1. The molecule has 0 aliphatic carbocycles. The topological polar surface area (TPSA) is 120 Å². The van der Waals surface area contributed by atoms with Gasteiger partial charge in [0.15, 0.2) is 23.0 Å². The average Bonchev–Trinajstić information content (AvgIpc) is 3.34. The summed E-state index contributed by atoms with van der Waals surface area (Å²) in [4.78, 5) is 12.8. The Kier molecular flexibility index (Phi) is 6.22.